The third kappa shape index (κ3) is 3.70. The summed E-state index contributed by atoms with van der Waals surface area (Å²) in [5.41, 5.74) is 1.73. The van der Waals surface area contributed by atoms with Gasteiger partial charge in [-0.05, 0) is 32.9 Å². The molecule has 1 aromatic carbocycles. The third-order valence-electron chi connectivity index (χ3n) is 3.90. The van der Waals surface area contributed by atoms with Gasteiger partial charge in [0.1, 0.15) is 12.4 Å². The number of aromatic nitrogens is 2. The smallest absolute Gasteiger partial charge is 0.242 e. The first-order valence-electron chi connectivity index (χ1n) is 7.97. The first-order chi connectivity index (χ1) is 11.0. The molecule has 1 atom stereocenters. The molecule has 1 N–H and O–H groups in total. The highest BCUT2D eigenvalue weighted by Crippen LogP contribution is 2.21. The van der Waals surface area contributed by atoms with E-state index >= 15 is 0 Å². The summed E-state index contributed by atoms with van der Waals surface area (Å²) in [6.07, 6.45) is 0. The number of rotatable bonds is 6. The maximum absolute atomic E-state index is 12.5. The Morgan fingerprint density at radius 1 is 1.26 bits per heavy atom. The number of hydrogen-bond acceptors (Lipinski definition) is 3. The summed E-state index contributed by atoms with van der Waals surface area (Å²) in [6.45, 7) is 8.87. The lowest BCUT2D eigenvalue weighted by Gasteiger charge is -2.21. The van der Waals surface area contributed by atoms with Gasteiger partial charge >= 0.3 is 0 Å². The maximum Gasteiger partial charge on any atom is 0.242 e. The summed E-state index contributed by atoms with van der Waals surface area (Å²) in [4.78, 5) is 30.3. The van der Waals surface area contributed by atoms with E-state index < -0.39 is 0 Å². The lowest BCUT2D eigenvalue weighted by Crippen LogP contribution is -2.34. The number of amides is 2. The molecule has 6 heteroatoms. The van der Waals surface area contributed by atoms with E-state index in [2.05, 4.69) is 10.3 Å². The average Bonchev–Trinajstić information content (AvgIpc) is 2.87. The van der Waals surface area contributed by atoms with E-state index in [4.69, 9.17) is 0 Å². The Morgan fingerprint density at radius 2 is 1.91 bits per heavy atom. The summed E-state index contributed by atoms with van der Waals surface area (Å²) in [7, 11) is 0. The molecular weight excluding hydrogens is 292 g/mol. The molecule has 0 fully saturated rings. The van der Waals surface area contributed by atoms with Gasteiger partial charge in [-0.1, -0.05) is 12.1 Å². The van der Waals surface area contributed by atoms with Gasteiger partial charge in [-0.3, -0.25) is 9.59 Å². The van der Waals surface area contributed by atoms with Crippen LogP contribution in [0.15, 0.2) is 24.3 Å². The summed E-state index contributed by atoms with van der Waals surface area (Å²) < 4.78 is 1.90. The van der Waals surface area contributed by atoms with Crippen molar-refractivity contribution < 1.29 is 9.59 Å². The number of imidazole rings is 1. The molecule has 2 aromatic rings. The molecule has 0 spiro atoms. The minimum Gasteiger partial charge on any atom is -0.347 e. The second-order valence-electron chi connectivity index (χ2n) is 5.53. The third-order valence-corrected chi connectivity index (χ3v) is 3.90. The number of carbonyl (C=O) groups excluding carboxylic acids is 2. The number of fused-ring (bicyclic) bond motifs is 1. The Kier molecular flexibility index (Phi) is 5.36. The molecule has 0 saturated carbocycles. The van der Waals surface area contributed by atoms with Crippen molar-refractivity contribution in [1.82, 2.24) is 19.8 Å². The molecule has 0 aliphatic heterocycles. The van der Waals surface area contributed by atoms with Crippen LogP contribution in [-0.2, 0) is 16.1 Å². The fraction of sp³-hybridized carbons (Fsp3) is 0.471. The first kappa shape index (κ1) is 17.0. The Morgan fingerprint density at radius 3 is 2.52 bits per heavy atom. The molecule has 1 aromatic heterocycles. The number of nitrogens with zero attached hydrogens (tertiary/aromatic N) is 3. The monoisotopic (exact) mass is 316 g/mol. The molecule has 124 valence electrons. The van der Waals surface area contributed by atoms with Crippen molar-refractivity contribution in [1.29, 1.82) is 0 Å². The largest absolute Gasteiger partial charge is 0.347 e. The van der Waals surface area contributed by atoms with Crippen LogP contribution in [0, 0.1) is 0 Å². The summed E-state index contributed by atoms with van der Waals surface area (Å²) in [6, 6.07) is 7.44. The van der Waals surface area contributed by atoms with Gasteiger partial charge in [0.2, 0.25) is 11.8 Å². The van der Waals surface area contributed by atoms with Crippen molar-refractivity contribution in [2.75, 3.05) is 13.1 Å². The molecule has 0 aliphatic carbocycles. The van der Waals surface area contributed by atoms with Crippen LogP contribution in [0.5, 0.6) is 0 Å². The topological polar surface area (TPSA) is 67.2 Å². The Balaban J connectivity index is 2.42. The molecule has 0 saturated heterocycles. The second kappa shape index (κ2) is 7.26. The van der Waals surface area contributed by atoms with E-state index in [9.17, 15) is 9.59 Å². The fourth-order valence-electron chi connectivity index (χ4n) is 2.77. The quantitative estimate of drug-likeness (QED) is 0.887. The summed E-state index contributed by atoms with van der Waals surface area (Å²) in [5.74, 6) is 0.627. The van der Waals surface area contributed by atoms with E-state index in [0.717, 1.165) is 11.0 Å². The molecule has 2 rings (SSSR count). The van der Waals surface area contributed by atoms with Gasteiger partial charge in [0.25, 0.3) is 0 Å². The number of carbonyl (C=O) groups is 2. The van der Waals surface area contributed by atoms with Gasteiger partial charge in [0, 0.05) is 20.0 Å². The summed E-state index contributed by atoms with van der Waals surface area (Å²) >= 11 is 0. The minimum absolute atomic E-state index is 0.0504. The van der Waals surface area contributed by atoms with Crippen molar-refractivity contribution in [3.63, 3.8) is 0 Å². The van der Waals surface area contributed by atoms with Gasteiger partial charge < -0.3 is 14.8 Å². The zero-order chi connectivity index (χ0) is 17.0. The Hall–Kier alpha value is -2.37. The predicted octanol–water partition coefficient (Wildman–Crippen LogP) is 2.10. The van der Waals surface area contributed by atoms with Crippen molar-refractivity contribution in [2.24, 2.45) is 0 Å². The zero-order valence-electron chi connectivity index (χ0n) is 14.2. The molecule has 23 heavy (non-hydrogen) atoms. The van der Waals surface area contributed by atoms with E-state index in [1.54, 1.807) is 4.90 Å². The fourth-order valence-corrected chi connectivity index (χ4v) is 2.77. The normalized spacial score (nSPS) is 12.2. The van der Waals surface area contributed by atoms with E-state index in [1.807, 2.05) is 49.6 Å². The summed E-state index contributed by atoms with van der Waals surface area (Å²) in [5, 5.41) is 2.84. The highest BCUT2D eigenvalue weighted by molar-refractivity contribution is 5.81. The number of nitrogens with one attached hydrogen (secondary N) is 1. The van der Waals surface area contributed by atoms with Crippen LogP contribution in [0.1, 0.15) is 39.6 Å². The van der Waals surface area contributed by atoms with Gasteiger partial charge in [-0.25, -0.2) is 4.98 Å². The van der Waals surface area contributed by atoms with Crippen molar-refractivity contribution >= 4 is 22.8 Å². The molecule has 6 nitrogen and oxygen atoms in total. The Labute approximate surface area is 136 Å². The van der Waals surface area contributed by atoms with E-state index in [0.29, 0.717) is 18.9 Å². The lowest BCUT2D eigenvalue weighted by atomic mass is 10.3. The van der Waals surface area contributed by atoms with Crippen LogP contribution < -0.4 is 5.32 Å². The van der Waals surface area contributed by atoms with Crippen LogP contribution in [0.4, 0.5) is 0 Å². The van der Waals surface area contributed by atoms with Gasteiger partial charge in [-0.2, -0.15) is 0 Å². The van der Waals surface area contributed by atoms with Crippen LogP contribution in [0.3, 0.4) is 0 Å². The molecule has 0 bridgehead atoms. The lowest BCUT2D eigenvalue weighted by molar-refractivity contribution is -0.131. The molecular formula is C17H24N4O2. The second-order valence-corrected chi connectivity index (χ2v) is 5.53. The number of benzene rings is 1. The van der Waals surface area contributed by atoms with Crippen LogP contribution >= 0.6 is 0 Å². The van der Waals surface area contributed by atoms with Crippen LogP contribution in [0.25, 0.3) is 11.0 Å². The van der Waals surface area contributed by atoms with Crippen molar-refractivity contribution in [3.05, 3.63) is 30.1 Å². The van der Waals surface area contributed by atoms with Crippen molar-refractivity contribution in [2.45, 2.75) is 40.3 Å². The predicted molar refractivity (Wildman–Crippen MR) is 89.9 cm³/mol. The van der Waals surface area contributed by atoms with Gasteiger partial charge in [0.05, 0.1) is 17.1 Å². The first-order valence-corrected chi connectivity index (χ1v) is 7.97. The molecule has 2 amide bonds. The maximum atomic E-state index is 12.5. The number of para-hydroxylation sites is 2. The minimum atomic E-state index is -0.260. The van der Waals surface area contributed by atoms with E-state index in [-0.39, 0.29) is 24.4 Å². The molecule has 0 radical (unpaired) electrons. The van der Waals surface area contributed by atoms with E-state index in [1.165, 1.54) is 6.92 Å². The highest BCUT2D eigenvalue weighted by Gasteiger charge is 2.20. The molecule has 1 unspecified atom stereocenters. The molecule has 0 aliphatic rings. The Bertz CT molecular complexity index is 704. The zero-order valence-corrected chi connectivity index (χ0v) is 14.2. The molecule has 1 heterocycles. The number of hydrogen-bond donors (Lipinski definition) is 1. The highest BCUT2D eigenvalue weighted by atomic mass is 16.2. The van der Waals surface area contributed by atoms with Gasteiger partial charge in [0.15, 0.2) is 0 Å². The average molecular weight is 316 g/mol. The van der Waals surface area contributed by atoms with Gasteiger partial charge in [-0.15, -0.1) is 0 Å². The van der Waals surface area contributed by atoms with Crippen molar-refractivity contribution in [3.8, 4) is 0 Å². The van der Waals surface area contributed by atoms with Crippen LogP contribution in [-0.4, -0.2) is 39.4 Å². The number of likely N-dealkylation sites (N-methyl/N-ethyl adjacent to an activating group) is 1. The van der Waals surface area contributed by atoms with Crippen LogP contribution in [0.2, 0.25) is 0 Å². The SMILES string of the molecule is CCN(CC)C(=O)Cn1c(C(C)NC(C)=O)nc2ccccc21. The standard InChI is InChI=1S/C17H24N4O2/c1-5-20(6-2)16(23)11-21-15-10-8-7-9-14(15)19-17(21)12(3)18-13(4)22/h7-10,12H,5-6,11H2,1-4H3,(H,18,22).